The number of nitrogen functional groups attached to an aromatic ring is 1. The van der Waals surface area contributed by atoms with E-state index in [9.17, 15) is 13.2 Å². The minimum absolute atomic E-state index is 0.126. The van der Waals surface area contributed by atoms with Crippen LogP contribution in [0.1, 0.15) is 5.82 Å². The van der Waals surface area contributed by atoms with Crippen molar-refractivity contribution in [2.24, 2.45) is 0 Å². The smallest absolute Gasteiger partial charge is 0.384 e. The predicted molar refractivity (Wildman–Crippen MR) is 72.2 cm³/mol. The molecule has 0 bridgehead atoms. The quantitative estimate of drug-likeness (QED) is 0.747. The van der Waals surface area contributed by atoms with Gasteiger partial charge < -0.3 is 5.73 Å². The molecule has 0 aliphatic rings. The van der Waals surface area contributed by atoms with Gasteiger partial charge >= 0.3 is 6.18 Å². The number of anilines is 1. The highest BCUT2D eigenvalue weighted by atomic mass is 19.4. The lowest BCUT2D eigenvalue weighted by Crippen LogP contribution is -2.13. The molecule has 0 aliphatic heterocycles. The lowest BCUT2D eigenvalue weighted by molar-refractivity contribution is -0.144. The molecule has 21 heavy (non-hydrogen) atoms. The molecule has 2 aromatic heterocycles. The van der Waals surface area contributed by atoms with E-state index in [1.54, 1.807) is 30.5 Å². The van der Waals surface area contributed by atoms with Crippen molar-refractivity contribution in [3.63, 3.8) is 0 Å². The number of fused-ring (bicyclic) bond motifs is 1. The molecule has 0 atom stereocenters. The van der Waals surface area contributed by atoms with E-state index in [1.165, 1.54) is 6.07 Å². The Bertz CT molecular complexity index is 815. The molecule has 0 radical (unpaired) electrons. The average molecular weight is 290 g/mol. The van der Waals surface area contributed by atoms with E-state index >= 15 is 0 Å². The summed E-state index contributed by atoms with van der Waals surface area (Å²) < 4.78 is 38.2. The van der Waals surface area contributed by atoms with Gasteiger partial charge in [-0.3, -0.25) is 4.98 Å². The van der Waals surface area contributed by atoms with Gasteiger partial charge in [0, 0.05) is 23.2 Å². The number of nitrogens with two attached hydrogens (primary N) is 1. The van der Waals surface area contributed by atoms with Crippen LogP contribution >= 0.6 is 0 Å². The number of halogens is 3. The summed E-state index contributed by atoms with van der Waals surface area (Å²) in [7, 11) is 0. The third kappa shape index (κ3) is 2.62. The number of nitrogens with zero attached hydrogens (tertiary/aromatic N) is 3. The van der Waals surface area contributed by atoms with E-state index in [0.29, 0.717) is 5.56 Å². The van der Waals surface area contributed by atoms with Crippen molar-refractivity contribution in [2.45, 2.75) is 6.18 Å². The molecule has 0 unspecified atom stereocenters. The van der Waals surface area contributed by atoms with Gasteiger partial charge in [0.15, 0.2) is 0 Å². The van der Waals surface area contributed by atoms with E-state index in [2.05, 4.69) is 15.0 Å². The minimum atomic E-state index is -4.64. The summed E-state index contributed by atoms with van der Waals surface area (Å²) in [6.45, 7) is 0. The Morgan fingerprint density at radius 1 is 1.00 bits per heavy atom. The molecule has 3 rings (SSSR count). The second-order valence-corrected chi connectivity index (χ2v) is 4.41. The number of alkyl halides is 3. The maximum absolute atomic E-state index is 12.7. The van der Waals surface area contributed by atoms with Crippen molar-refractivity contribution < 1.29 is 13.2 Å². The fourth-order valence-electron chi connectivity index (χ4n) is 1.98. The first-order valence-corrected chi connectivity index (χ1v) is 6.00. The van der Waals surface area contributed by atoms with Gasteiger partial charge in [-0.25, -0.2) is 9.97 Å². The van der Waals surface area contributed by atoms with E-state index < -0.39 is 12.0 Å². The molecular weight excluding hydrogens is 281 g/mol. The molecule has 1 aromatic carbocycles. The van der Waals surface area contributed by atoms with Crippen LogP contribution in [0.5, 0.6) is 0 Å². The monoisotopic (exact) mass is 290 g/mol. The van der Waals surface area contributed by atoms with Crippen molar-refractivity contribution in [1.29, 1.82) is 0 Å². The van der Waals surface area contributed by atoms with E-state index in [-0.39, 0.29) is 11.5 Å². The number of benzene rings is 1. The Balaban J connectivity index is 2.16. The van der Waals surface area contributed by atoms with Gasteiger partial charge in [0.05, 0.1) is 11.2 Å². The van der Waals surface area contributed by atoms with Gasteiger partial charge in [0.1, 0.15) is 5.82 Å². The molecule has 0 fully saturated rings. The molecule has 4 nitrogen and oxygen atoms in total. The molecule has 2 heterocycles. The maximum Gasteiger partial charge on any atom is 0.451 e. The molecular formula is C14H9F3N4. The molecule has 0 amide bonds. The lowest BCUT2D eigenvalue weighted by atomic mass is 10.1. The van der Waals surface area contributed by atoms with Gasteiger partial charge in [0.25, 0.3) is 0 Å². The van der Waals surface area contributed by atoms with Crippen LogP contribution in [-0.4, -0.2) is 15.0 Å². The summed E-state index contributed by atoms with van der Waals surface area (Å²) in [5.41, 5.74) is 6.84. The van der Waals surface area contributed by atoms with E-state index in [0.717, 1.165) is 10.9 Å². The largest absolute Gasteiger partial charge is 0.451 e. The van der Waals surface area contributed by atoms with Gasteiger partial charge in [-0.2, -0.15) is 13.2 Å². The van der Waals surface area contributed by atoms with Gasteiger partial charge in [-0.1, -0.05) is 12.1 Å². The minimum Gasteiger partial charge on any atom is -0.384 e. The zero-order valence-electron chi connectivity index (χ0n) is 10.6. The van der Waals surface area contributed by atoms with Crippen molar-refractivity contribution in [3.05, 3.63) is 48.4 Å². The topological polar surface area (TPSA) is 64.7 Å². The zero-order chi connectivity index (χ0) is 15.0. The Morgan fingerprint density at radius 3 is 2.57 bits per heavy atom. The molecule has 0 aliphatic carbocycles. The fraction of sp³-hybridized carbons (Fsp3) is 0.0714. The fourth-order valence-corrected chi connectivity index (χ4v) is 1.98. The highest BCUT2D eigenvalue weighted by molar-refractivity contribution is 5.83. The van der Waals surface area contributed by atoms with Gasteiger partial charge in [-0.05, 0) is 18.2 Å². The highest BCUT2D eigenvalue weighted by Crippen LogP contribution is 2.30. The molecule has 0 saturated heterocycles. The van der Waals surface area contributed by atoms with Crippen LogP contribution in [0.25, 0.3) is 22.2 Å². The summed E-state index contributed by atoms with van der Waals surface area (Å²) in [5.74, 6) is -1.47. The second kappa shape index (κ2) is 4.69. The van der Waals surface area contributed by atoms with Crippen molar-refractivity contribution >= 4 is 16.7 Å². The van der Waals surface area contributed by atoms with Crippen LogP contribution in [0.15, 0.2) is 42.6 Å². The van der Waals surface area contributed by atoms with Gasteiger partial charge in [0.2, 0.25) is 5.82 Å². The van der Waals surface area contributed by atoms with Crippen LogP contribution in [-0.2, 0) is 6.18 Å². The number of rotatable bonds is 1. The normalized spacial score (nSPS) is 11.8. The average Bonchev–Trinajstić information content (AvgIpc) is 2.45. The Morgan fingerprint density at radius 2 is 1.81 bits per heavy atom. The summed E-state index contributed by atoms with van der Waals surface area (Å²) in [4.78, 5) is 10.9. The molecule has 3 aromatic rings. The van der Waals surface area contributed by atoms with Crippen molar-refractivity contribution in [3.8, 4) is 11.3 Å². The van der Waals surface area contributed by atoms with Crippen LogP contribution in [0.4, 0.5) is 19.0 Å². The first-order chi connectivity index (χ1) is 9.93. The van der Waals surface area contributed by atoms with E-state index in [4.69, 9.17) is 5.73 Å². The first kappa shape index (κ1) is 13.3. The van der Waals surface area contributed by atoms with Crippen molar-refractivity contribution in [2.75, 3.05) is 5.73 Å². The third-order valence-electron chi connectivity index (χ3n) is 2.90. The second-order valence-electron chi connectivity index (χ2n) is 4.41. The van der Waals surface area contributed by atoms with Crippen molar-refractivity contribution in [1.82, 2.24) is 15.0 Å². The molecule has 2 N–H and O–H groups in total. The Kier molecular flexibility index (Phi) is 2.97. The molecule has 0 spiro atoms. The van der Waals surface area contributed by atoms with E-state index in [1.807, 2.05) is 6.07 Å². The Labute approximate surface area is 117 Å². The van der Waals surface area contributed by atoms with Crippen LogP contribution < -0.4 is 5.73 Å². The summed E-state index contributed by atoms with van der Waals surface area (Å²) >= 11 is 0. The number of pyridine rings is 1. The zero-order valence-corrected chi connectivity index (χ0v) is 10.6. The van der Waals surface area contributed by atoms with Crippen LogP contribution in [0, 0.1) is 0 Å². The molecule has 0 saturated carbocycles. The Hall–Kier alpha value is -2.70. The summed E-state index contributed by atoms with van der Waals surface area (Å²) in [6, 6.07) is 9.97. The molecule has 106 valence electrons. The lowest BCUT2D eigenvalue weighted by Gasteiger charge is -2.09. The summed E-state index contributed by atoms with van der Waals surface area (Å²) in [6.07, 6.45) is -2.99. The summed E-state index contributed by atoms with van der Waals surface area (Å²) in [5, 5.41) is 0.806. The predicted octanol–water partition coefficient (Wildman–Crippen LogP) is 3.29. The number of aromatic nitrogens is 3. The first-order valence-electron chi connectivity index (χ1n) is 6.00. The van der Waals surface area contributed by atoms with Crippen LogP contribution in [0.2, 0.25) is 0 Å². The number of hydrogen-bond donors (Lipinski definition) is 1. The standard InChI is InChI=1S/C14H9F3N4/c15-14(16,17)13-20-11(7-12(18)21-13)9-3-4-10-8(6-9)2-1-5-19-10/h1-7H,(H2,18,20,21). The van der Waals surface area contributed by atoms with Crippen LogP contribution in [0.3, 0.4) is 0 Å². The molecule has 7 heteroatoms. The number of hydrogen-bond acceptors (Lipinski definition) is 4. The SMILES string of the molecule is Nc1cc(-c2ccc3ncccc3c2)nc(C(F)(F)F)n1. The third-order valence-corrected chi connectivity index (χ3v) is 2.90. The highest BCUT2D eigenvalue weighted by Gasteiger charge is 2.35. The van der Waals surface area contributed by atoms with Gasteiger partial charge in [-0.15, -0.1) is 0 Å². The maximum atomic E-state index is 12.7.